The molecule has 0 aromatic heterocycles. The van der Waals surface area contributed by atoms with Crippen LogP contribution in [-0.4, -0.2) is 31.7 Å². The Kier molecular flexibility index (Phi) is 5.36. The lowest BCUT2D eigenvalue weighted by molar-refractivity contribution is -0.384. The first-order valence-electron chi connectivity index (χ1n) is 7.06. The van der Waals surface area contributed by atoms with Crippen LogP contribution in [0.25, 0.3) is 0 Å². The van der Waals surface area contributed by atoms with Gasteiger partial charge >= 0.3 is 5.97 Å². The maximum atomic E-state index is 12.3. The highest BCUT2D eigenvalue weighted by Gasteiger charge is 2.37. The summed E-state index contributed by atoms with van der Waals surface area (Å²) in [6.07, 6.45) is 0. The number of carbonyl (C=O) groups is 1. The second-order valence-electron chi connectivity index (χ2n) is 5.03. The van der Waals surface area contributed by atoms with E-state index >= 15 is 0 Å². The minimum atomic E-state index is -0.878. The van der Waals surface area contributed by atoms with E-state index in [9.17, 15) is 20.2 Å². The molecule has 1 atom stereocenters. The number of nitriles is 1. The van der Waals surface area contributed by atoms with Crippen molar-refractivity contribution in [1.29, 1.82) is 5.26 Å². The first-order valence-corrected chi connectivity index (χ1v) is 7.06. The molecule has 0 bridgehead atoms. The third kappa shape index (κ3) is 3.44. The summed E-state index contributed by atoms with van der Waals surface area (Å²) in [6.45, 7) is -0.0622. The molecule has 2 N–H and O–H groups in total. The number of nitrogens with two attached hydrogens (primary N) is 1. The highest BCUT2D eigenvalue weighted by Crippen LogP contribution is 2.40. The predicted octanol–water partition coefficient (Wildman–Crippen LogP) is 1.48. The van der Waals surface area contributed by atoms with Gasteiger partial charge in [0.1, 0.15) is 24.0 Å². The van der Waals surface area contributed by atoms with Gasteiger partial charge in [-0.1, -0.05) is 12.1 Å². The van der Waals surface area contributed by atoms with Crippen LogP contribution in [0, 0.1) is 21.4 Å². The lowest BCUT2D eigenvalue weighted by Crippen LogP contribution is -2.27. The van der Waals surface area contributed by atoms with Crippen molar-refractivity contribution in [2.24, 2.45) is 5.73 Å². The van der Waals surface area contributed by atoms with Crippen LogP contribution in [-0.2, 0) is 19.0 Å². The van der Waals surface area contributed by atoms with Crippen LogP contribution < -0.4 is 5.73 Å². The Labute approximate surface area is 143 Å². The average molecular weight is 345 g/mol. The fourth-order valence-electron chi connectivity index (χ4n) is 2.51. The summed E-state index contributed by atoms with van der Waals surface area (Å²) in [5, 5.41) is 20.3. The summed E-state index contributed by atoms with van der Waals surface area (Å²) in [5.74, 6) is -1.63. The molecule has 1 aromatic rings. The van der Waals surface area contributed by atoms with Crippen molar-refractivity contribution < 1.29 is 23.9 Å². The highest BCUT2D eigenvalue weighted by atomic mass is 16.6. The van der Waals surface area contributed by atoms with E-state index in [1.165, 1.54) is 38.5 Å². The minimum Gasteiger partial charge on any atom is -0.466 e. The zero-order chi connectivity index (χ0) is 18.6. The summed E-state index contributed by atoms with van der Waals surface area (Å²) in [7, 11) is 2.60. The van der Waals surface area contributed by atoms with Crippen LogP contribution in [0.2, 0.25) is 0 Å². The number of hydrogen-bond donors (Lipinski definition) is 1. The fourth-order valence-corrected chi connectivity index (χ4v) is 2.51. The Hall–Kier alpha value is -3.38. The van der Waals surface area contributed by atoms with Gasteiger partial charge in [-0.25, -0.2) is 4.79 Å². The highest BCUT2D eigenvalue weighted by molar-refractivity contribution is 5.92. The summed E-state index contributed by atoms with van der Waals surface area (Å²) in [6, 6.07) is 7.38. The van der Waals surface area contributed by atoms with Crippen molar-refractivity contribution in [3.63, 3.8) is 0 Å². The standard InChI is InChI=1S/C16H15N3O6/c1-23-8-12-14(16(20)24-2)13(11(7-17)15(18)25-12)9-3-5-10(6-4-9)19(21)22/h3-6,13H,8,18H2,1-2H3/t13-/m1/s1. The monoisotopic (exact) mass is 345 g/mol. The fraction of sp³-hybridized carbons (Fsp3) is 0.250. The topological polar surface area (TPSA) is 138 Å². The Morgan fingerprint density at radius 1 is 1.40 bits per heavy atom. The Morgan fingerprint density at radius 2 is 2.04 bits per heavy atom. The number of esters is 1. The molecule has 0 unspecified atom stereocenters. The van der Waals surface area contributed by atoms with E-state index in [4.69, 9.17) is 19.9 Å². The summed E-state index contributed by atoms with van der Waals surface area (Å²) in [5.41, 5.74) is 6.21. The number of allylic oxidation sites excluding steroid dienone is 1. The zero-order valence-electron chi connectivity index (χ0n) is 13.5. The average Bonchev–Trinajstić information content (AvgIpc) is 2.61. The van der Waals surface area contributed by atoms with Crippen LogP contribution in [0.5, 0.6) is 0 Å². The Balaban J connectivity index is 2.64. The molecule has 0 radical (unpaired) electrons. The van der Waals surface area contributed by atoms with Crippen LogP contribution in [0.4, 0.5) is 5.69 Å². The van der Waals surface area contributed by atoms with Crippen molar-refractivity contribution >= 4 is 11.7 Å². The molecule has 1 aliphatic rings. The molecule has 9 nitrogen and oxygen atoms in total. The second kappa shape index (κ2) is 7.46. The molecular formula is C16H15N3O6. The molecule has 0 saturated heterocycles. The number of benzene rings is 1. The molecule has 0 spiro atoms. The van der Waals surface area contributed by atoms with Crippen LogP contribution in [0.15, 0.2) is 47.1 Å². The van der Waals surface area contributed by atoms with E-state index in [2.05, 4.69) is 0 Å². The molecule has 0 saturated carbocycles. The van der Waals surface area contributed by atoms with Crippen LogP contribution in [0.3, 0.4) is 0 Å². The number of methoxy groups -OCH3 is 2. The SMILES string of the molecule is COCC1=C(C(=O)OC)[C@H](c2ccc([N+](=O)[O-])cc2)C(C#N)=C(N)O1. The van der Waals surface area contributed by atoms with Crippen molar-refractivity contribution in [1.82, 2.24) is 0 Å². The van der Waals surface area contributed by atoms with E-state index in [-0.39, 0.29) is 35.1 Å². The van der Waals surface area contributed by atoms with Crippen molar-refractivity contribution in [3.8, 4) is 6.07 Å². The lowest BCUT2D eigenvalue weighted by Gasteiger charge is -2.27. The molecular weight excluding hydrogens is 330 g/mol. The summed E-state index contributed by atoms with van der Waals surface area (Å²) < 4.78 is 15.2. The number of carbonyl (C=O) groups excluding carboxylic acids is 1. The van der Waals surface area contributed by atoms with Gasteiger partial charge in [0.05, 0.1) is 23.5 Å². The number of nitro groups is 1. The van der Waals surface area contributed by atoms with Gasteiger partial charge in [0.25, 0.3) is 5.69 Å². The van der Waals surface area contributed by atoms with Gasteiger partial charge in [0.2, 0.25) is 5.88 Å². The molecule has 130 valence electrons. The molecule has 2 rings (SSSR count). The molecule has 25 heavy (non-hydrogen) atoms. The molecule has 1 aliphatic heterocycles. The maximum absolute atomic E-state index is 12.3. The molecule has 0 amide bonds. The second-order valence-corrected chi connectivity index (χ2v) is 5.03. The van der Waals surface area contributed by atoms with E-state index in [1.807, 2.05) is 6.07 Å². The van der Waals surface area contributed by atoms with E-state index in [1.54, 1.807) is 0 Å². The smallest absolute Gasteiger partial charge is 0.338 e. The Morgan fingerprint density at radius 3 is 2.52 bits per heavy atom. The van der Waals surface area contributed by atoms with E-state index in [0.717, 1.165) is 0 Å². The predicted molar refractivity (Wildman–Crippen MR) is 84.7 cm³/mol. The number of rotatable bonds is 5. The van der Waals surface area contributed by atoms with Crippen molar-refractivity contribution in [3.05, 3.63) is 62.7 Å². The number of hydrogen-bond acceptors (Lipinski definition) is 8. The largest absolute Gasteiger partial charge is 0.466 e. The van der Waals surface area contributed by atoms with Gasteiger partial charge in [-0.15, -0.1) is 0 Å². The van der Waals surface area contributed by atoms with Gasteiger partial charge in [-0.2, -0.15) is 5.26 Å². The van der Waals surface area contributed by atoms with Crippen LogP contribution >= 0.6 is 0 Å². The van der Waals surface area contributed by atoms with Gasteiger partial charge in [0.15, 0.2) is 0 Å². The third-order valence-corrected chi connectivity index (χ3v) is 3.61. The molecule has 0 fully saturated rings. The molecule has 1 heterocycles. The van der Waals surface area contributed by atoms with Gasteiger partial charge in [-0.05, 0) is 5.56 Å². The number of nitrogens with zero attached hydrogens (tertiary/aromatic N) is 2. The van der Waals surface area contributed by atoms with E-state index in [0.29, 0.717) is 5.56 Å². The minimum absolute atomic E-state index is 0.00843. The summed E-state index contributed by atoms with van der Waals surface area (Å²) >= 11 is 0. The van der Waals surface area contributed by atoms with Gasteiger partial charge in [0, 0.05) is 19.2 Å². The quantitative estimate of drug-likeness (QED) is 0.481. The van der Waals surface area contributed by atoms with Gasteiger partial charge in [-0.3, -0.25) is 10.1 Å². The first-order chi connectivity index (χ1) is 11.9. The first kappa shape index (κ1) is 18.0. The normalized spacial score (nSPS) is 16.9. The van der Waals surface area contributed by atoms with Crippen molar-refractivity contribution in [2.75, 3.05) is 20.8 Å². The zero-order valence-corrected chi connectivity index (χ0v) is 13.5. The van der Waals surface area contributed by atoms with E-state index < -0.39 is 16.8 Å². The summed E-state index contributed by atoms with van der Waals surface area (Å²) in [4.78, 5) is 22.6. The third-order valence-electron chi connectivity index (χ3n) is 3.61. The number of ether oxygens (including phenoxy) is 3. The molecule has 0 aliphatic carbocycles. The maximum Gasteiger partial charge on any atom is 0.338 e. The Bertz CT molecular complexity index is 804. The molecule has 1 aromatic carbocycles. The van der Waals surface area contributed by atoms with Crippen LogP contribution in [0.1, 0.15) is 11.5 Å². The number of non-ortho nitro benzene ring substituents is 1. The lowest BCUT2D eigenvalue weighted by atomic mass is 9.83. The van der Waals surface area contributed by atoms with Gasteiger partial charge < -0.3 is 19.9 Å². The molecule has 9 heteroatoms. The number of nitro benzene ring substituents is 1. The van der Waals surface area contributed by atoms with Crippen molar-refractivity contribution in [2.45, 2.75) is 5.92 Å².